The van der Waals surface area contributed by atoms with E-state index in [1.54, 1.807) is 0 Å². The normalized spacial score (nSPS) is 11.2. The molecule has 0 spiro atoms. The molecule has 0 fully saturated rings. The molecule has 2 aromatic carbocycles. The lowest BCUT2D eigenvalue weighted by Gasteiger charge is -2.08. The number of aryl methyl sites for hydroxylation is 1. The van der Waals surface area contributed by atoms with E-state index >= 15 is 0 Å². The number of fused-ring (bicyclic) bond motifs is 1. The largest absolute Gasteiger partial charge is 0.431 e. The van der Waals surface area contributed by atoms with Crippen molar-refractivity contribution in [3.63, 3.8) is 0 Å². The van der Waals surface area contributed by atoms with Crippen molar-refractivity contribution in [1.82, 2.24) is 19.7 Å². The van der Waals surface area contributed by atoms with Crippen molar-refractivity contribution in [2.45, 2.75) is 0 Å². The maximum absolute atomic E-state index is 14.1. The Morgan fingerprint density at radius 3 is 2.46 bits per heavy atom. The number of halogens is 4. The highest BCUT2D eigenvalue weighted by atomic mass is 19.1. The van der Waals surface area contributed by atoms with Crippen LogP contribution in [0, 0.1) is 23.3 Å². The van der Waals surface area contributed by atoms with E-state index in [0.29, 0.717) is 6.07 Å². The number of H-pyrrole nitrogens is 1. The second kappa shape index (κ2) is 6.48. The van der Waals surface area contributed by atoms with Crippen LogP contribution < -0.4 is 10.3 Å². The maximum atomic E-state index is 14.1. The van der Waals surface area contributed by atoms with Gasteiger partial charge in [-0.1, -0.05) is 0 Å². The van der Waals surface area contributed by atoms with Crippen LogP contribution in [0.5, 0.6) is 11.6 Å². The number of rotatable bonds is 3. The fourth-order valence-corrected chi connectivity index (χ4v) is 2.71. The van der Waals surface area contributed by atoms with Crippen LogP contribution in [0.3, 0.4) is 0 Å². The van der Waals surface area contributed by atoms with Crippen molar-refractivity contribution >= 4 is 11.2 Å². The summed E-state index contributed by atoms with van der Waals surface area (Å²) in [4.78, 5) is 16.5. The Labute approximate surface area is 154 Å². The molecule has 0 amide bonds. The molecule has 0 atom stereocenters. The van der Waals surface area contributed by atoms with Gasteiger partial charge < -0.3 is 9.30 Å². The van der Waals surface area contributed by atoms with Gasteiger partial charge in [0.25, 0.3) is 5.88 Å². The van der Waals surface area contributed by atoms with E-state index in [2.05, 4.69) is 15.2 Å². The summed E-state index contributed by atoms with van der Waals surface area (Å²) in [5.41, 5.74) is -0.852. The number of ether oxygens (including phenoxy) is 1. The maximum Gasteiger partial charge on any atom is 0.314 e. The third kappa shape index (κ3) is 2.88. The highest BCUT2D eigenvalue weighted by molar-refractivity contribution is 5.88. The second-order valence-electron chi connectivity index (χ2n) is 5.85. The van der Waals surface area contributed by atoms with Crippen LogP contribution in [0.15, 0.2) is 41.2 Å². The van der Waals surface area contributed by atoms with Gasteiger partial charge in [-0.05, 0) is 30.3 Å². The van der Waals surface area contributed by atoms with Crippen LogP contribution in [0.1, 0.15) is 0 Å². The lowest BCUT2D eigenvalue weighted by Crippen LogP contribution is -2.20. The average molecular weight is 390 g/mol. The first-order valence-electron chi connectivity index (χ1n) is 7.88. The fraction of sp³-hybridized carbons (Fsp3) is 0.0556. The van der Waals surface area contributed by atoms with E-state index in [-0.39, 0.29) is 22.4 Å². The smallest absolute Gasteiger partial charge is 0.314 e. The van der Waals surface area contributed by atoms with Crippen LogP contribution in [0.4, 0.5) is 17.6 Å². The minimum Gasteiger partial charge on any atom is -0.431 e. The van der Waals surface area contributed by atoms with Gasteiger partial charge in [-0.3, -0.25) is 9.89 Å². The molecule has 2 aromatic heterocycles. The van der Waals surface area contributed by atoms with Crippen LogP contribution in [-0.4, -0.2) is 19.7 Å². The van der Waals surface area contributed by atoms with Crippen molar-refractivity contribution in [3.05, 3.63) is 70.0 Å². The molecule has 28 heavy (non-hydrogen) atoms. The Morgan fingerprint density at radius 2 is 1.71 bits per heavy atom. The van der Waals surface area contributed by atoms with Crippen LogP contribution in [0.2, 0.25) is 0 Å². The zero-order valence-electron chi connectivity index (χ0n) is 14.1. The third-order valence-corrected chi connectivity index (χ3v) is 4.04. The van der Waals surface area contributed by atoms with Gasteiger partial charge in [-0.25, -0.2) is 17.6 Å². The SMILES string of the molecule is Cn1c(=O)c(Oc2ccc(F)cc2F)nc2[nH]nc(-c3cc(F)ccc3F)c21. The Bertz CT molecular complexity index is 1280. The van der Waals surface area contributed by atoms with Crippen molar-refractivity contribution < 1.29 is 22.3 Å². The number of aromatic nitrogens is 4. The third-order valence-electron chi connectivity index (χ3n) is 4.04. The minimum absolute atomic E-state index is 0.0262. The van der Waals surface area contributed by atoms with Crippen molar-refractivity contribution in [2.24, 2.45) is 7.05 Å². The molecule has 10 heteroatoms. The molecule has 1 N–H and O–H groups in total. The molecule has 0 aliphatic heterocycles. The standard InChI is InChI=1S/C18H10F4N4O2/c1-26-15-14(10-6-8(19)2-4-11(10)21)24-25-16(15)23-17(18(26)27)28-13-5-3-9(20)7-12(13)22/h2-7H,1H3,(H,24,25). The quantitative estimate of drug-likeness (QED) is 0.542. The molecule has 0 radical (unpaired) electrons. The van der Waals surface area contributed by atoms with Gasteiger partial charge in [0.2, 0.25) is 0 Å². The summed E-state index contributed by atoms with van der Waals surface area (Å²) in [6, 6.07) is 5.39. The summed E-state index contributed by atoms with van der Waals surface area (Å²) >= 11 is 0. The van der Waals surface area contributed by atoms with Gasteiger partial charge in [0.15, 0.2) is 17.2 Å². The van der Waals surface area contributed by atoms with Gasteiger partial charge in [-0.2, -0.15) is 10.1 Å². The van der Waals surface area contributed by atoms with E-state index in [4.69, 9.17) is 4.74 Å². The Kier molecular flexibility index (Phi) is 4.10. The fourth-order valence-electron chi connectivity index (χ4n) is 2.71. The Balaban J connectivity index is 1.86. The van der Waals surface area contributed by atoms with Crippen molar-refractivity contribution in [2.75, 3.05) is 0 Å². The number of nitrogens with one attached hydrogen (secondary N) is 1. The molecule has 4 rings (SSSR count). The van der Waals surface area contributed by atoms with E-state index in [1.165, 1.54) is 7.05 Å². The van der Waals surface area contributed by atoms with Crippen LogP contribution >= 0.6 is 0 Å². The second-order valence-corrected chi connectivity index (χ2v) is 5.85. The summed E-state index contributed by atoms with van der Waals surface area (Å²) in [6.07, 6.45) is 0. The summed E-state index contributed by atoms with van der Waals surface area (Å²) in [5.74, 6) is -4.16. The minimum atomic E-state index is -1.02. The monoisotopic (exact) mass is 390 g/mol. The van der Waals surface area contributed by atoms with Gasteiger partial charge in [0, 0.05) is 18.7 Å². The lowest BCUT2D eigenvalue weighted by molar-refractivity contribution is 0.416. The van der Waals surface area contributed by atoms with Crippen molar-refractivity contribution in [1.29, 1.82) is 0 Å². The van der Waals surface area contributed by atoms with Gasteiger partial charge >= 0.3 is 5.56 Å². The van der Waals surface area contributed by atoms with Crippen LogP contribution in [0.25, 0.3) is 22.4 Å². The summed E-state index contributed by atoms with van der Waals surface area (Å²) in [5, 5.41) is 6.42. The summed E-state index contributed by atoms with van der Waals surface area (Å²) in [7, 11) is 1.34. The molecular weight excluding hydrogens is 380 g/mol. The number of aromatic amines is 1. The predicted octanol–water partition coefficient (Wildman–Crippen LogP) is 3.67. The molecule has 6 nitrogen and oxygen atoms in total. The molecule has 0 aliphatic carbocycles. The first-order chi connectivity index (χ1) is 13.3. The number of hydrogen-bond acceptors (Lipinski definition) is 4. The highest BCUT2D eigenvalue weighted by Crippen LogP contribution is 2.29. The van der Waals surface area contributed by atoms with Gasteiger partial charge in [0.1, 0.15) is 28.7 Å². The lowest BCUT2D eigenvalue weighted by atomic mass is 10.1. The predicted molar refractivity (Wildman–Crippen MR) is 90.9 cm³/mol. The van der Waals surface area contributed by atoms with Crippen LogP contribution in [-0.2, 0) is 7.05 Å². The average Bonchev–Trinajstić information content (AvgIpc) is 3.07. The Hall–Kier alpha value is -3.69. The molecule has 0 bridgehead atoms. The molecule has 0 aliphatic rings. The molecule has 0 saturated heterocycles. The molecule has 4 aromatic rings. The van der Waals surface area contributed by atoms with E-state index in [9.17, 15) is 22.4 Å². The number of benzene rings is 2. The van der Waals surface area contributed by atoms with E-state index in [0.717, 1.165) is 34.9 Å². The van der Waals surface area contributed by atoms with E-state index in [1.807, 2.05) is 0 Å². The molecule has 142 valence electrons. The summed E-state index contributed by atoms with van der Waals surface area (Å²) in [6.45, 7) is 0. The molecular formula is C18H10F4N4O2. The number of nitrogens with zero attached hydrogens (tertiary/aromatic N) is 3. The zero-order valence-corrected chi connectivity index (χ0v) is 14.1. The molecule has 2 heterocycles. The van der Waals surface area contributed by atoms with Gasteiger partial charge in [0.05, 0.1) is 0 Å². The first-order valence-corrected chi connectivity index (χ1v) is 7.88. The first kappa shape index (κ1) is 17.7. The zero-order chi connectivity index (χ0) is 20.0. The Morgan fingerprint density at radius 1 is 1.00 bits per heavy atom. The molecule has 0 saturated carbocycles. The van der Waals surface area contributed by atoms with Crippen molar-refractivity contribution in [3.8, 4) is 22.9 Å². The summed E-state index contributed by atoms with van der Waals surface area (Å²) < 4.78 is 60.7. The highest BCUT2D eigenvalue weighted by Gasteiger charge is 2.20. The number of hydrogen-bond donors (Lipinski definition) is 1. The topological polar surface area (TPSA) is 72.8 Å². The van der Waals surface area contributed by atoms with E-state index < -0.39 is 40.5 Å². The molecule has 0 unspecified atom stereocenters. The van der Waals surface area contributed by atoms with Gasteiger partial charge in [-0.15, -0.1) is 0 Å².